The Morgan fingerprint density at radius 3 is 2.67 bits per heavy atom. The first-order chi connectivity index (χ1) is 4.22. The molecule has 52 valence electrons. The molecule has 0 aliphatic rings. The number of esters is 1. The number of carbonyl (C=O) groups is 1. The zero-order valence-electron chi connectivity index (χ0n) is 5.26. The van der Waals surface area contributed by atoms with E-state index in [1.807, 2.05) is 0 Å². The van der Waals surface area contributed by atoms with Gasteiger partial charge in [0.05, 0.1) is 6.61 Å². The Hall–Kier alpha value is -1.19. The molecular weight excluding hydrogens is 120 g/mol. The molecule has 0 atom stereocenters. The molecule has 0 fully saturated rings. The van der Waals surface area contributed by atoms with Crippen molar-refractivity contribution in [1.29, 1.82) is 0 Å². The van der Waals surface area contributed by atoms with E-state index in [0.717, 1.165) is 6.20 Å². The van der Waals surface area contributed by atoms with Crippen molar-refractivity contribution in [2.24, 2.45) is 11.5 Å². The molecule has 0 aromatic rings. The van der Waals surface area contributed by atoms with Crippen LogP contribution in [0.1, 0.15) is 6.92 Å². The summed E-state index contributed by atoms with van der Waals surface area (Å²) >= 11 is 0. The van der Waals surface area contributed by atoms with Crippen LogP contribution in [-0.2, 0) is 9.53 Å². The smallest absolute Gasteiger partial charge is 0.355 e. The second-order valence-electron chi connectivity index (χ2n) is 1.34. The van der Waals surface area contributed by atoms with Gasteiger partial charge in [-0.25, -0.2) is 4.79 Å². The van der Waals surface area contributed by atoms with Crippen LogP contribution in [0.4, 0.5) is 0 Å². The summed E-state index contributed by atoms with van der Waals surface area (Å²) in [6.07, 6.45) is 1.01. The van der Waals surface area contributed by atoms with Gasteiger partial charge in [-0.15, -0.1) is 0 Å². The van der Waals surface area contributed by atoms with E-state index < -0.39 is 5.97 Å². The fraction of sp³-hybridized carbons (Fsp3) is 0.400. The summed E-state index contributed by atoms with van der Waals surface area (Å²) in [5.74, 6) is -0.569. The lowest BCUT2D eigenvalue weighted by atomic mass is 10.5. The van der Waals surface area contributed by atoms with E-state index in [2.05, 4.69) is 4.74 Å². The predicted octanol–water partition coefficient (Wildman–Crippen LogP) is -0.692. The Kier molecular flexibility index (Phi) is 3.27. The van der Waals surface area contributed by atoms with Gasteiger partial charge in [-0.1, -0.05) is 0 Å². The number of rotatable bonds is 2. The van der Waals surface area contributed by atoms with E-state index in [9.17, 15) is 4.79 Å². The van der Waals surface area contributed by atoms with Crippen LogP contribution in [0.5, 0.6) is 0 Å². The zero-order chi connectivity index (χ0) is 7.28. The summed E-state index contributed by atoms with van der Waals surface area (Å²) in [5.41, 5.74) is 9.92. The van der Waals surface area contributed by atoms with Crippen molar-refractivity contribution in [2.75, 3.05) is 6.61 Å². The zero-order valence-corrected chi connectivity index (χ0v) is 5.26. The quantitative estimate of drug-likeness (QED) is 0.383. The van der Waals surface area contributed by atoms with Crippen molar-refractivity contribution in [3.63, 3.8) is 0 Å². The van der Waals surface area contributed by atoms with Gasteiger partial charge in [0.25, 0.3) is 0 Å². The second-order valence-corrected chi connectivity index (χ2v) is 1.34. The summed E-state index contributed by atoms with van der Waals surface area (Å²) in [7, 11) is 0. The molecule has 0 saturated heterocycles. The van der Waals surface area contributed by atoms with Crippen molar-refractivity contribution in [2.45, 2.75) is 6.92 Å². The number of carbonyl (C=O) groups excluding carboxylic acids is 1. The molecule has 0 bridgehead atoms. The predicted molar refractivity (Wildman–Crippen MR) is 33.1 cm³/mol. The molecule has 0 amide bonds. The third-order valence-corrected chi connectivity index (χ3v) is 0.691. The maximum absolute atomic E-state index is 10.5. The first-order valence-electron chi connectivity index (χ1n) is 2.56. The van der Waals surface area contributed by atoms with Crippen LogP contribution in [0.2, 0.25) is 0 Å². The molecule has 4 heteroatoms. The minimum atomic E-state index is -0.569. The summed E-state index contributed by atoms with van der Waals surface area (Å²) in [6.45, 7) is 2.01. The van der Waals surface area contributed by atoms with E-state index in [-0.39, 0.29) is 5.70 Å². The maximum atomic E-state index is 10.5. The lowest BCUT2D eigenvalue weighted by Gasteiger charge is -1.98. The molecule has 0 unspecified atom stereocenters. The lowest BCUT2D eigenvalue weighted by Crippen LogP contribution is -2.15. The van der Waals surface area contributed by atoms with Gasteiger partial charge in [-0.2, -0.15) is 0 Å². The van der Waals surface area contributed by atoms with Crippen LogP contribution in [0.25, 0.3) is 0 Å². The molecule has 4 nitrogen and oxygen atoms in total. The van der Waals surface area contributed by atoms with Gasteiger partial charge in [-0.05, 0) is 6.92 Å². The Morgan fingerprint density at radius 2 is 2.33 bits per heavy atom. The highest BCUT2D eigenvalue weighted by Crippen LogP contribution is 1.84. The number of hydrogen-bond donors (Lipinski definition) is 2. The van der Waals surface area contributed by atoms with Gasteiger partial charge in [0.1, 0.15) is 5.70 Å². The molecular formula is C5H10N2O2. The average Bonchev–Trinajstić information content (AvgIpc) is 1.87. The largest absolute Gasteiger partial charge is 0.461 e. The molecule has 4 N–H and O–H groups in total. The first kappa shape index (κ1) is 7.81. The molecule has 0 aromatic carbocycles. The Labute approximate surface area is 53.5 Å². The highest BCUT2D eigenvalue weighted by atomic mass is 16.5. The van der Waals surface area contributed by atoms with Gasteiger partial charge >= 0.3 is 5.97 Å². The number of ether oxygens (including phenoxy) is 1. The minimum Gasteiger partial charge on any atom is -0.461 e. The highest BCUT2D eigenvalue weighted by molar-refractivity contribution is 5.87. The van der Waals surface area contributed by atoms with Gasteiger partial charge < -0.3 is 16.2 Å². The van der Waals surface area contributed by atoms with Gasteiger partial charge in [0, 0.05) is 6.20 Å². The topological polar surface area (TPSA) is 78.3 Å². The molecule has 0 rings (SSSR count). The summed E-state index contributed by atoms with van der Waals surface area (Å²) in [4.78, 5) is 10.5. The van der Waals surface area contributed by atoms with E-state index in [0.29, 0.717) is 6.61 Å². The second kappa shape index (κ2) is 3.77. The summed E-state index contributed by atoms with van der Waals surface area (Å²) < 4.78 is 4.48. The van der Waals surface area contributed by atoms with Gasteiger partial charge in [0.15, 0.2) is 0 Å². The van der Waals surface area contributed by atoms with Crippen molar-refractivity contribution >= 4 is 5.97 Å². The monoisotopic (exact) mass is 130 g/mol. The van der Waals surface area contributed by atoms with Crippen LogP contribution >= 0.6 is 0 Å². The number of nitrogens with two attached hydrogens (primary N) is 2. The average molecular weight is 130 g/mol. The van der Waals surface area contributed by atoms with Crippen LogP contribution < -0.4 is 11.5 Å². The highest BCUT2D eigenvalue weighted by Gasteiger charge is 2.02. The summed E-state index contributed by atoms with van der Waals surface area (Å²) in [5, 5.41) is 0. The van der Waals surface area contributed by atoms with Crippen molar-refractivity contribution in [3.05, 3.63) is 11.9 Å². The molecule has 0 aromatic heterocycles. The van der Waals surface area contributed by atoms with Crippen LogP contribution in [0.15, 0.2) is 11.9 Å². The van der Waals surface area contributed by atoms with Crippen LogP contribution in [-0.4, -0.2) is 12.6 Å². The first-order valence-corrected chi connectivity index (χ1v) is 2.56. The fourth-order valence-corrected chi connectivity index (χ4v) is 0.282. The van der Waals surface area contributed by atoms with Crippen molar-refractivity contribution < 1.29 is 9.53 Å². The van der Waals surface area contributed by atoms with E-state index in [4.69, 9.17) is 11.5 Å². The van der Waals surface area contributed by atoms with E-state index in [1.54, 1.807) is 6.92 Å². The van der Waals surface area contributed by atoms with Crippen LogP contribution in [0.3, 0.4) is 0 Å². The molecule has 0 saturated carbocycles. The molecule has 9 heavy (non-hydrogen) atoms. The third-order valence-electron chi connectivity index (χ3n) is 0.691. The van der Waals surface area contributed by atoms with Crippen LogP contribution in [0, 0.1) is 0 Å². The molecule has 0 radical (unpaired) electrons. The standard InChI is InChI=1S/C5H10N2O2/c1-2-9-5(8)4(7)3-6/h3H,2,6-7H2,1H3. The minimum absolute atomic E-state index is 0.0585. The third kappa shape index (κ3) is 2.58. The lowest BCUT2D eigenvalue weighted by molar-refractivity contribution is -0.138. The van der Waals surface area contributed by atoms with E-state index in [1.165, 1.54) is 0 Å². The normalized spacial score (nSPS) is 11.0. The van der Waals surface area contributed by atoms with Gasteiger partial charge in [-0.3, -0.25) is 0 Å². The van der Waals surface area contributed by atoms with Gasteiger partial charge in [0.2, 0.25) is 0 Å². The maximum Gasteiger partial charge on any atom is 0.355 e. The molecule has 0 heterocycles. The molecule has 0 spiro atoms. The molecule has 0 aliphatic carbocycles. The Morgan fingerprint density at radius 1 is 1.78 bits per heavy atom. The van der Waals surface area contributed by atoms with Crippen molar-refractivity contribution in [1.82, 2.24) is 0 Å². The fourth-order valence-electron chi connectivity index (χ4n) is 0.282. The Bertz CT molecular complexity index is 131. The van der Waals surface area contributed by atoms with E-state index >= 15 is 0 Å². The summed E-state index contributed by atoms with van der Waals surface area (Å²) in [6, 6.07) is 0. The van der Waals surface area contributed by atoms with Crippen molar-refractivity contribution in [3.8, 4) is 0 Å². The number of hydrogen-bond acceptors (Lipinski definition) is 4. The molecule has 0 aliphatic heterocycles. The Balaban J connectivity index is 3.74. The SMILES string of the molecule is CCOC(=O)C(N)=CN.